The summed E-state index contributed by atoms with van der Waals surface area (Å²) in [6, 6.07) is 0. The summed E-state index contributed by atoms with van der Waals surface area (Å²) in [5, 5.41) is 0.231. The Morgan fingerprint density at radius 1 is 0.944 bits per heavy atom. The van der Waals surface area contributed by atoms with Crippen molar-refractivity contribution in [1.29, 1.82) is 0 Å². The highest BCUT2D eigenvalue weighted by Gasteiger charge is 2.15. The number of carbonyl (C=O) groups is 1. The van der Waals surface area contributed by atoms with Crippen molar-refractivity contribution in [1.82, 2.24) is 4.90 Å². The first-order valence-electron chi connectivity index (χ1n) is 7.30. The number of thioether (sulfide) groups is 1. The molecule has 0 aliphatic carbocycles. The highest BCUT2D eigenvalue weighted by Crippen LogP contribution is 2.12. The van der Waals surface area contributed by atoms with E-state index in [1.54, 1.807) is 0 Å². The molecule has 0 N–H and O–H groups in total. The molecule has 0 unspecified atom stereocenters. The van der Waals surface area contributed by atoms with Gasteiger partial charge in [0.25, 0.3) is 5.24 Å². The third-order valence-electron chi connectivity index (χ3n) is 2.20. The molecule has 0 aromatic heterocycles. The molecular formula is C15H33NOS. The van der Waals surface area contributed by atoms with Crippen molar-refractivity contribution in [3.63, 3.8) is 0 Å². The van der Waals surface area contributed by atoms with Crippen LogP contribution in [0.5, 0.6) is 0 Å². The maximum Gasteiger partial charge on any atom is 0.281 e. The van der Waals surface area contributed by atoms with E-state index in [0.717, 1.165) is 18.8 Å². The number of rotatable bonds is 6. The number of unbranched alkanes of at least 4 members (excludes halogenated alkanes) is 1. The van der Waals surface area contributed by atoms with Gasteiger partial charge in [0.15, 0.2) is 0 Å². The third-order valence-corrected chi connectivity index (χ3v) is 2.99. The van der Waals surface area contributed by atoms with E-state index >= 15 is 0 Å². The van der Waals surface area contributed by atoms with E-state index < -0.39 is 0 Å². The van der Waals surface area contributed by atoms with Crippen molar-refractivity contribution < 1.29 is 4.79 Å². The normalized spacial score (nSPS) is 10.3. The van der Waals surface area contributed by atoms with Gasteiger partial charge in [0, 0.05) is 13.1 Å². The van der Waals surface area contributed by atoms with Gasteiger partial charge in [0.2, 0.25) is 0 Å². The molecule has 0 aromatic rings. The van der Waals surface area contributed by atoms with Crippen molar-refractivity contribution in [3.05, 3.63) is 0 Å². The summed E-state index contributed by atoms with van der Waals surface area (Å²) in [6.07, 6.45) is 2.64. The number of hydrogen-bond acceptors (Lipinski definition) is 2. The van der Waals surface area contributed by atoms with Gasteiger partial charge in [-0.15, -0.1) is 0 Å². The number of carbonyl (C=O) groups excluding carboxylic acids is 1. The molecule has 0 bridgehead atoms. The molecule has 0 rings (SSSR count). The Labute approximate surface area is 119 Å². The Morgan fingerprint density at radius 3 is 1.56 bits per heavy atom. The molecule has 110 valence electrons. The molecule has 0 saturated heterocycles. The zero-order valence-corrected chi connectivity index (χ0v) is 14.3. The smallest absolute Gasteiger partial charge is 0.281 e. The van der Waals surface area contributed by atoms with Crippen LogP contribution in [0.1, 0.15) is 61.3 Å². The Balaban J connectivity index is 0. The maximum atomic E-state index is 11.7. The van der Waals surface area contributed by atoms with Crippen LogP contribution >= 0.6 is 11.8 Å². The lowest BCUT2D eigenvalue weighted by Gasteiger charge is -2.25. The molecule has 0 heterocycles. The average Bonchev–Trinajstić information content (AvgIpc) is 2.27. The Hall–Kier alpha value is -0.180. The van der Waals surface area contributed by atoms with E-state index in [4.69, 9.17) is 0 Å². The summed E-state index contributed by atoms with van der Waals surface area (Å²) in [7, 11) is 0. The first-order valence-corrected chi connectivity index (χ1v) is 8.29. The minimum atomic E-state index is 0.231. The van der Waals surface area contributed by atoms with Crippen LogP contribution in [0, 0.1) is 11.8 Å². The van der Waals surface area contributed by atoms with Gasteiger partial charge >= 0.3 is 0 Å². The molecule has 0 aliphatic rings. The van der Waals surface area contributed by atoms with Crippen LogP contribution in [-0.4, -0.2) is 29.0 Å². The predicted octanol–water partition coefficient (Wildman–Crippen LogP) is 5.28. The molecule has 18 heavy (non-hydrogen) atoms. The molecule has 1 amide bonds. The van der Waals surface area contributed by atoms with Crippen LogP contribution in [0.4, 0.5) is 4.79 Å². The minimum Gasteiger partial charge on any atom is -0.333 e. The van der Waals surface area contributed by atoms with Gasteiger partial charge in [-0.1, -0.05) is 73.1 Å². The third kappa shape index (κ3) is 13.9. The molecule has 0 saturated carbocycles. The fourth-order valence-corrected chi connectivity index (χ4v) is 1.90. The van der Waals surface area contributed by atoms with E-state index in [1.807, 2.05) is 11.8 Å². The summed E-state index contributed by atoms with van der Waals surface area (Å²) < 4.78 is 0. The fraction of sp³-hybridized carbons (Fsp3) is 0.933. The molecule has 0 spiro atoms. The predicted molar refractivity (Wildman–Crippen MR) is 85.4 cm³/mol. The lowest BCUT2D eigenvalue weighted by Crippen LogP contribution is -2.34. The highest BCUT2D eigenvalue weighted by atomic mass is 32.2. The minimum absolute atomic E-state index is 0.231. The average molecular weight is 276 g/mol. The van der Waals surface area contributed by atoms with Crippen molar-refractivity contribution in [2.45, 2.75) is 61.3 Å². The van der Waals surface area contributed by atoms with Crippen LogP contribution in [0.25, 0.3) is 0 Å². The van der Waals surface area contributed by atoms with Crippen LogP contribution in [0.15, 0.2) is 0 Å². The van der Waals surface area contributed by atoms with Gasteiger partial charge in [-0.05, 0) is 17.6 Å². The van der Waals surface area contributed by atoms with Gasteiger partial charge in [-0.2, -0.15) is 0 Å². The summed E-state index contributed by atoms with van der Waals surface area (Å²) in [4.78, 5) is 13.7. The molecule has 0 atom stereocenters. The monoisotopic (exact) mass is 275 g/mol. The Kier molecular flexibility index (Phi) is 14.8. The van der Waals surface area contributed by atoms with Crippen LogP contribution in [-0.2, 0) is 0 Å². The van der Waals surface area contributed by atoms with Crippen molar-refractivity contribution in [2.24, 2.45) is 11.8 Å². The summed E-state index contributed by atoms with van der Waals surface area (Å²) in [5.74, 6) is 1.97. The van der Waals surface area contributed by atoms with E-state index in [1.165, 1.54) is 24.6 Å². The lowest BCUT2D eigenvalue weighted by atomic mass is 10.1. The largest absolute Gasteiger partial charge is 0.333 e. The summed E-state index contributed by atoms with van der Waals surface area (Å²) >= 11 is 1.41. The van der Waals surface area contributed by atoms with E-state index in [-0.39, 0.29) is 5.24 Å². The number of hydrogen-bond donors (Lipinski definition) is 0. The Bertz CT molecular complexity index is 181. The topological polar surface area (TPSA) is 20.3 Å². The zero-order valence-electron chi connectivity index (χ0n) is 13.5. The standard InChI is InChI=1S/C11H23NOS.C4H10/c1-6-14-11(13)12(7-9(2)3)8-10(4)5;1-3-4-2/h9-10H,6-8H2,1-5H3;3-4H2,1-2H3. The molecule has 0 fully saturated rings. The second-order valence-electron chi connectivity index (χ2n) is 5.39. The zero-order chi connectivity index (χ0) is 14.6. The second kappa shape index (κ2) is 13.3. The molecule has 3 heteroatoms. The highest BCUT2D eigenvalue weighted by molar-refractivity contribution is 8.13. The molecule has 0 aliphatic heterocycles. The maximum absolute atomic E-state index is 11.7. The quantitative estimate of drug-likeness (QED) is 0.657. The van der Waals surface area contributed by atoms with Crippen LogP contribution < -0.4 is 0 Å². The van der Waals surface area contributed by atoms with Crippen molar-refractivity contribution in [2.75, 3.05) is 18.8 Å². The van der Waals surface area contributed by atoms with Crippen LogP contribution in [0.3, 0.4) is 0 Å². The number of nitrogens with zero attached hydrogens (tertiary/aromatic N) is 1. The molecule has 0 radical (unpaired) electrons. The molecule has 2 nitrogen and oxygen atoms in total. The molecule has 0 aromatic carbocycles. The molecular weight excluding hydrogens is 242 g/mol. The van der Waals surface area contributed by atoms with E-state index in [2.05, 4.69) is 41.5 Å². The first kappa shape index (κ1) is 20.1. The van der Waals surface area contributed by atoms with Crippen molar-refractivity contribution >= 4 is 17.0 Å². The second-order valence-corrected chi connectivity index (χ2v) is 6.61. The fourth-order valence-electron chi connectivity index (χ4n) is 1.32. The number of amides is 1. The van der Waals surface area contributed by atoms with E-state index in [9.17, 15) is 4.79 Å². The summed E-state index contributed by atoms with van der Waals surface area (Å²) in [6.45, 7) is 16.7. The van der Waals surface area contributed by atoms with Gasteiger partial charge < -0.3 is 4.90 Å². The lowest BCUT2D eigenvalue weighted by molar-refractivity contribution is 0.208. The van der Waals surface area contributed by atoms with E-state index in [0.29, 0.717) is 11.8 Å². The van der Waals surface area contributed by atoms with Gasteiger partial charge in [-0.25, -0.2) is 0 Å². The SMILES string of the molecule is CCCC.CCSC(=O)N(CC(C)C)CC(C)C. The van der Waals surface area contributed by atoms with Crippen molar-refractivity contribution in [3.8, 4) is 0 Å². The van der Waals surface area contributed by atoms with Gasteiger partial charge in [0.1, 0.15) is 0 Å². The summed E-state index contributed by atoms with van der Waals surface area (Å²) in [5.41, 5.74) is 0. The van der Waals surface area contributed by atoms with Gasteiger partial charge in [0.05, 0.1) is 0 Å². The van der Waals surface area contributed by atoms with Crippen LogP contribution in [0.2, 0.25) is 0 Å². The van der Waals surface area contributed by atoms with Gasteiger partial charge in [-0.3, -0.25) is 4.79 Å². The Morgan fingerprint density at radius 2 is 1.33 bits per heavy atom. The first-order chi connectivity index (χ1) is 8.38.